The zero-order chi connectivity index (χ0) is 26.1. The smallest absolute Gasteiger partial charge is 0.337 e. The van der Waals surface area contributed by atoms with Gasteiger partial charge in [-0.1, -0.05) is 17.8 Å². The second-order valence-electron chi connectivity index (χ2n) is 7.57. The van der Waals surface area contributed by atoms with Crippen LogP contribution in [0.25, 0.3) is 0 Å². The molecule has 11 heteroatoms. The molecule has 0 unspecified atom stereocenters. The first kappa shape index (κ1) is 26.5. The number of hydrogen-bond acceptors (Lipinski definition) is 8. The number of nitrogens with zero attached hydrogens (tertiary/aromatic N) is 3. The molecule has 188 valence electrons. The van der Waals surface area contributed by atoms with Gasteiger partial charge in [-0.25, -0.2) is 4.79 Å². The standard InChI is InChI=1S/C25H27N5O5S/c1-5-14-30-22(16(2)26-23(32)17-8-12-20(34-3)13-9-17)28-29-25(30)36-15-21(31)27-19-10-6-18(7-11-19)24(33)35-4/h5-13,16H,1,14-15H2,2-4H3,(H,26,32)(H,27,31)/t16-/m1/s1. The zero-order valence-electron chi connectivity index (χ0n) is 20.2. The van der Waals surface area contributed by atoms with Crippen LogP contribution in [-0.4, -0.2) is 52.5 Å². The van der Waals surface area contributed by atoms with E-state index in [1.165, 1.54) is 18.9 Å². The van der Waals surface area contributed by atoms with Crippen LogP contribution in [0.4, 0.5) is 5.69 Å². The summed E-state index contributed by atoms with van der Waals surface area (Å²) in [5, 5.41) is 14.7. The Labute approximate surface area is 213 Å². The predicted octanol–water partition coefficient (Wildman–Crippen LogP) is 3.48. The summed E-state index contributed by atoms with van der Waals surface area (Å²) in [5.74, 6) is 0.328. The van der Waals surface area contributed by atoms with Crippen LogP contribution in [0.2, 0.25) is 0 Å². The van der Waals surface area contributed by atoms with Crippen LogP contribution in [0.5, 0.6) is 5.75 Å². The van der Waals surface area contributed by atoms with Gasteiger partial charge in [0.2, 0.25) is 5.91 Å². The Kier molecular flexibility index (Phi) is 9.23. The maximum absolute atomic E-state index is 12.7. The summed E-state index contributed by atoms with van der Waals surface area (Å²) in [4.78, 5) is 36.6. The molecule has 0 fully saturated rings. The van der Waals surface area contributed by atoms with Gasteiger partial charge in [0.1, 0.15) is 5.75 Å². The Morgan fingerprint density at radius 1 is 1.06 bits per heavy atom. The average molecular weight is 510 g/mol. The lowest BCUT2D eigenvalue weighted by Crippen LogP contribution is -2.28. The van der Waals surface area contributed by atoms with Crippen LogP contribution < -0.4 is 15.4 Å². The fourth-order valence-electron chi connectivity index (χ4n) is 3.25. The Morgan fingerprint density at radius 2 is 1.72 bits per heavy atom. The summed E-state index contributed by atoms with van der Waals surface area (Å²) >= 11 is 1.21. The lowest BCUT2D eigenvalue weighted by molar-refractivity contribution is -0.113. The molecule has 0 radical (unpaired) electrons. The molecule has 0 spiro atoms. The number of carbonyl (C=O) groups excluding carboxylic acids is 3. The van der Waals surface area contributed by atoms with Crippen molar-refractivity contribution >= 4 is 35.2 Å². The number of esters is 1. The summed E-state index contributed by atoms with van der Waals surface area (Å²) in [6, 6.07) is 12.7. The molecule has 2 aromatic carbocycles. The highest BCUT2D eigenvalue weighted by atomic mass is 32.2. The van der Waals surface area contributed by atoms with Gasteiger partial charge >= 0.3 is 5.97 Å². The lowest BCUT2D eigenvalue weighted by Gasteiger charge is -2.15. The molecule has 10 nitrogen and oxygen atoms in total. The summed E-state index contributed by atoms with van der Waals surface area (Å²) < 4.78 is 11.6. The molecule has 1 heterocycles. The molecule has 0 saturated heterocycles. The fraction of sp³-hybridized carbons (Fsp3) is 0.240. The topological polar surface area (TPSA) is 124 Å². The van der Waals surface area contributed by atoms with E-state index in [-0.39, 0.29) is 17.6 Å². The van der Waals surface area contributed by atoms with Crippen molar-refractivity contribution in [1.82, 2.24) is 20.1 Å². The molecule has 0 aliphatic carbocycles. The van der Waals surface area contributed by atoms with Gasteiger partial charge in [0, 0.05) is 17.8 Å². The van der Waals surface area contributed by atoms with Crippen LogP contribution in [0.3, 0.4) is 0 Å². The molecule has 36 heavy (non-hydrogen) atoms. The molecule has 2 amide bonds. The maximum atomic E-state index is 12.7. The molecule has 1 atom stereocenters. The quantitative estimate of drug-likeness (QED) is 0.229. The summed E-state index contributed by atoms with van der Waals surface area (Å²) in [6.45, 7) is 6.00. The van der Waals surface area contributed by atoms with Crippen LogP contribution >= 0.6 is 11.8 Å². The number of rotatable bonds is 11. The number of methoxy groups -OCH3 is 2. The number of benzene rings is 2. The second kappa shape index (κ2) is 12.5. The number of aromatic nitrogens is 3. The van der Waals surface area contributed by atoms with Gasteiger partial charge in [-0.15, -0.1) is 16.8 Å². The van der Waals surface area contributed by atoms with E-state index in [0.717, 1.165) is 0 Å². The van der Waals surface area contributed by atoms with E-state index >= 15 is 0 Å². The number of allylic oxidation sites excluding steroid dienone is 1. The van der Waals surface area contributed by atoms with Crippen molar-refractivity contribution in [3.63, 3.8) is 0 Å². The second-order valence-corrected chi connectivity index (χ2v) is 8.51. The molecule has 1 aromatic heterocycles. The van der Waals surface area contributed by atoms with Crippen molar-refractivity contribution in [3.8, 4) is 5.75 Å². The highest BCUT2D eigenvalue weighted by Gasteiger charge is 2.20. The number of ether oxygens (including phenoxy) is 2. The van der Waals surface area contributed by atoms with Crippen LogP contribution in [0, 0.1) is 0 Å². The first-order chi connectivity index (χ1) is 17.4. The van der Waals surface area contributed by atoms with Crippen LogP contribution in [0.1, 0.15) is 39.5 Å². The summed E-state index contributed by atoms with van der Waals surface area (Å²) in [7, 11) is 2.87. The maximum Gasteiger partial charge on any atom is 0.337 e. The number of amides is 2. The first-order valence-electron chi connectivity index (χ1n) is 11.0. The van der Waals surface area contributed by atoms with Crippen molar-refractivity contribution in [2.24, 2.45) is 0 Å². The molecule has 0 aliphatic heterocycles. The summed E-state index contributed by atoms with van der Waals surface area (Å²) in [5.41, 5.74) is 1.43. The normalized spacial score (nSPS) is 11.3. The zero-order valence-corrected chi connectivity index (χ0v) is 21.0. The van der Waals surface area contributed by atoms with Gasteiger partial charge in [0.15, 0.2) is 11.0 Å². The van der Waals surface area contributed by atoms with E-state index in [9.17, 15) is 14.4 Å². The molecule has 0 aliphatic rings. The van der Waals surface area contributed by atoms with Crippen molar-refractivity contribution < 1.29 is 23.9 Å². The Balaban J connectivity index is 1.62. The monoisotopic (exact) mass is 509 g/mol. The number of thioether (sulfide) groups is 1. The van der Waals surface area contributed by atoms with Gasteiger partial charge in [-0.3, -0.25) is 9.59 Å². The Hall–Kier alpha value is -4.12. The predicted molar refractivity (Wildman–Crippen MR) is 136 cm³/mol. The largest absolute Gasteiger partial charge is 0.497 e. The molecule has 3 aromatic rings. The minimum Gasteiger partial charge on any atom is -0.497 e. The Bertz CT molecular complexity index is 1220. The minimum absolute atomic E-state index is 0.0839. The Morgan fingerprint density at radius 3 is 2.33 bits per heavy atom. The van der Waals surface area contributed by atoms with E-state index in [2.05, 4.69) is 32.1 Å². The number of nitrogens with one attached hydrogen (secondary N) is 2. The minimum atomic E-state index is -0.449. The van der Waals surface area contributed by atoms with Crippen molar-refractivity contribution in [2.75, 3.05) is 25.3 Å². The van der Waals surface area contributed by atoms with Gasteiger partial charge in [0.05, 0.1) is 31.6 Å². The third-order valence-electron chi connectivity index (χ3n) is 5.07. The van der Waals surface area contributed by atoms with Gasteiger partial charge < -0.3 is 24.7 Å². The van der Waals surface area contributed by atoms with Crippen molar-refractivity contribution in [2.45, 2.75) is 24.7 Å². The third-order valence-corrected chi connectivity index (χ3v) is 6.03. The third kappa shape index (κ3) is 6.72. The SMILES string of the molecule is C=CCn1c(SCC(=O)Nc2ccc(C(=O)OC)cc2)nnc1[C@@H](C)NC(=O)c1ccc(OC)cc1. The van der Waals surface area contributed by atoms with E-state index < -0.39 is 12.0 Å². The van der Waals surface area contributed by atoms with Crippen LogP contribution in [-0.2, 0) is 16.1 Å². The number of anilines is 1. The molecule has 2 N–H and O–H groups in total. The van der Waals surface area contributed by atoms with E-state index in [1.54, 1.807) is 66.3 Å². The van der Waals surface area contributed by atoms with E-state index in [1.807, 2.05) is 6.92 Å². The van der Waals surface area contributed by atoms with Gasteiger partial charge in [-0.05, 0) is 55.5 Å². The summed E-state index contributed by atoms with van der Waals surface area (Å²) in [6.07, 6.45) is 1.69. The van der Waals surface area contributed by atoms with E-state index in [4.69, 9.17) is 4.74 Å². The van der Waals surface area contributed by atoms with Crippen LogP contribution in [0.15, 0.2) is 66.3 Å². The van der Waals surface area contributed by atoms with E-state index in [0.29, 0.717) is 40.1 Å². The molecular formula is C25H27N5O5S. The fourth-order valence-corrected chi connectivity index (χ4v) is 4.00. The molecule has 0 saturated carbocycles. The average Bonchev–Trinajstić information content (AvgIpc) is 3.30. The first-order valence-corrected chi connectivity index (χ1v) is 11.9. The number of carbonyl (C=O) groups is 3. The van der Waals surface area contributed by atoms with Crippen molar-refractivity contribution in [1.29, 1.82) is 0 Å². The highest BCUT2D eigenvalue weighted by molar-refractivity contribution is 7.99. The van der Waals surface area contributed by atoms with Gasteiger partial charge in [0.25, 0.3) is 5.91 Å². The molecular weight excluding hydrogens is 482 g/mol. The molecule has 3 rings (SSSR count). The number of hydrogen-bond donors (Lipinski definition) is 2. The molecule has 0 bridgehead atoms. The lowest BCUT2D eigenvalue weighted by atomic mass is 10.2. The van der Waals surface area contributed by atoms with Gasteiger partial charge in [-0.2, -0.15) is 0 Å². The highest BCUT2D eigenvalue weighted by Crippen LogP contribution is 2.22. The van der Waals surface area contributed by atoms with Crippen molar-refractivity contribution in [3.05, 3.63) is 78.1 Å².